The molecule has 7 aromatic carbocycles. The van der Waals surface area contributed by atoms with Gasteiger partial charge in [-0.15, -0.1) is 0 Å². The Balaban J connectivity index is 1.02. The number of nitrogens with zero attached hydrogens (tertiary/aromatic N) is 2. The predicted octanol–water partition coefficient (Wildman–Crippen LogP) is 17.1. The summed E-state index contributed by atoms with van der Waals surface area (Å²) >= 11 is 0. The summed E-state index contributed by atoms with van der Waals surface area (Å²) in [6.45, 7) is 40.2. The lowest BCUT2D eigenvalue weighted by Crippen LogP contribution is -2.44. The van der Waals surface area contributed by atoms with Crippen LogP contribution in [0.4, 0.5) is 34.1 Å². The molecule has 2 aliphatic carbocycles. The van der Waals surface area contributed by atoms with Crippen molar-refractivity contribution in [3.8, 4) is 22.3 Å². The van der Waals surface area contributed by atoms with E-state index in [9.17, 15) is 0 Å². The van der Waals surface area contributed by atoms with Crippen LogP contribution in [0.25, 0.3) is 22.3 Å². The normalized spacial score (nSPS) is 21.8. The average molecular weight is 885 g/mol. The molecule has 0 unspecified atom stereocenters. The van der Waals surface area contributed by atoms with Gasteiger partial charge < -0.3 is 9.80 Å². The number of para-hydroxylation sites is 4. The molecular weight excluding hydrogens is 821 g/mol. The Morgan fingerprint density at radius 3 is 0.721 bits per heavy atom. The predicted molar refractivity (Wildman–Crippen MR) is 284 cm³/mol. The summed E-state index contributed by atoms with van der Waals surface area (Å²) in [4.78, 5) is 5.51. The lowest BCUT2D eigenvalue weighted by Gasteiger charge is -2.56. The molecule has 68 heavy (non-hydrogen) atoms. The Morgan fingerprint density at radius 1 is 0.221 bits per heavy atom. The summed E-state index contributed by atoms with van der Waals surface area (Å²) < 4.78 is 0. The van der Waals surface area contributed by atoms with E-state index < -0.39 is 0 Å². The molecule has 2 heteroatoms. The maximum atomic E-state index is 2.75. The molecule has 0 N–H and O–H groups in total. The first kappa shape index (κ1) is 40.1. The molecule has 6 heterocycles. The van der Waals surface area contributed by atoms with E-state index >= 15 is 0 Å². The molecule has 0 saturated carbocycles. The van der Waals surface area contributed by atoms with Crippen molar-refractivity contribution in [2.75, 3.05) is 9.80 Å². The van der Waals surface area contributed by atoms with Gasteiger partial charge >= 0.3 is 0 Å². The molecule has 0 atom stereocenters. The fourth-order valence-corrected chi connectivity index (χ4v) is 16.7. The highest BCUT2D eigenvalue weighted by Crippen LogP contribution is 2.72. The van der Waals surface area contributed by atoms with Gasteiger partial charge in [-0.2, -0.15) is 0 Å². The van der Waals surface area contributed by atoms with E-state index in [2.05, 4.69) is 218 Å². The minimum Gasteiger partial charge on any atom is -0.309 e. The molecular formula is C66H64N2. The van der Waals surface area contributed by atoms with Gasteiger partial charge in [-0.25, -0.2) is 0 Å². The molecule has 6 aliphatic heterocycles. The van der Waals surface area contributed by atoms with Crippen molar-refractivity contribution < 1.29 is 0 Å². The van der Waals surface area contributed by atoms with E-state index in [0.29, 0.717) is 0 Å². The Kier molecular flexibility index (Phi) is 6.45. The van der Waals surface area contributed by atoms with Crippen LogP contribution >= 0.6 is 0 Å². The maximum Gasteiger partial charge on any atom is 0.0547 e. The molecule has 0 bridgehead atoms. The lowest BCUT2D eigenvalue weighted by atomic mass is 9.58. The van der Waals surface area contributed by atoms with Gasteiger partial charge in [0.2, 0.25) is 0 Å². The molecule has 2 nitrogen and oxygen atoms in total. The van der Waals surface area contributed by atoms with Gasteiger partial charge in [0.15, 0.2) is 0 Å². The van der Waals surface area contributed by atoms with Crippen LogP contribution in [0.15, 0.2) is 97.1 Å². The summed E-state index contributed by atoms with van der Waals surface area (Å²) in [5.41, 5.74) is 36.2. The Hall–Kier alpha value is -5.86. The van der Waals surface area contributed by atoms with Crippen LogP contribution in [-0.4, -0.2) is 0 Å². The zero-order valence-electron chi connectivity index (χ0n) is 43.1. The highest BCUT2D eigenvalue weighted by atomic mass is 15.2. The van der Waals surface area contributed by atoms with Crippen LogP contribution < -0.4 is 9.80 Å². The molecule has 0 saturated heterocycles. The van der Waals surface area contributed by atoms with E-state index in [1.54, 1.807) is 0 Å². The molecule has 0 aromatic heterocycles. The van der Waals surface area contributed by atoms with Crippen molar-refractivity contribution in [1.82, 2.24) is 0 Å². The minimum atomic E-state index is -0.241. The Morgan fingerprint density at radius 2 is 0.441 bits per heavy atom. The number of fused-ring (bicyclic) bond motifs is 8. The summed E-state index contributed by atoms with van der Waals surface area (Å²) in [5, 5.41) is 0. The summed E-state index contributed by atoms with van der Waals surface area (Å²) in [6, 6.07) is 39.5. The Bertz CT molecular complexity index is 3400. The first-order valence-electron chi connectivity index (χ1n) is 25.6. The van der Waals surface area contributed by atoms with Gasteiger partial charge in [-0.3, -0.25) is 0 Å². The van der Waals surface area contributed by atoms with Gasteiger partial charge in [-0.05, 0) is 136 Å². The minimum absolute atomic E-state index is 0.115. The van der Waals surface area contributed by atoms with Crippen LogP contribution in [0.1, 0.15) is 200 Å². The summed E-state index contributed by atoms with van der Waals surface area (Å²) in [7, 11) is 0. The smallest absolute Gasteiger partial charge is 0.0547 e. The van der Waals surface area contributed by atoms with Crippen molar-refractivity contribution in [1.29, 1.82) is 0 Å². The monoisotopic (exact) mass is 885 g/mol. The summed E-state index contributed by atoms with van der Waals surface area (Å²) in [6.07, 6.45) is 0. The van der Waals surface area contributed by atoms with E-state index in [-0.39, 0.29) is 43.3 Å². The van der Waals surface area contributed by atoms with Crippen molar-refractivity contribution in [2.24, 2.45) is 0 Å². The van der Waals surface area contributed by atoms with Gasteiger partial charge in [0.25, 0.3) is 0 Å². The molecule has 8 aliphatic rings. The number of rotatable bonds is 0. The van der Waals surface area contributed by atoms with E-state index in [1.165, 1.54) is 145 Å². The zero-order valence-corrected chi connectivity index (χ0v) is 43.1. The SMILES string of the molecule is CC1(C)c2cccc3c2N2c4c1cccc4C(C)(C)c1c2c(cc2c1C(C)(C)c1cc4c(cc1-2)C(C)(C)c1c-4cc2c4c1C(C)(C)c1cccc5c1N4c1c(cccc1C2(C)C)C5(C)C)C3(C)C. The number of benzene rings is 7. The second-order valence-corrected chi connectivity index (χ2v) is 26.6. The van der Waals surface area contributed by atoms with Crippen LogP contribution in [0.3, 0.4) is 0 Å². The molecule has 7 aromatic rings. The largest absolute Gasteiger partial charge is 0.309 e. The first-order chi connectivity index (χ1) is 31.8. The standard InChI is InChI=1S/C66H64N2/c1-59(2)37-21-17-25-41-53(37)67-55-39(59)23-19-27-43(55)63(9,10)51-49-35(31-47(57(51)67)61(41,5)6)33-29-46-34(30-45(33)65(49,13)14)36-32-48-58-52(50(36)66(46,15)16)64(11,12)44-28-20-24-40-56(44)68(58)54-38(60(40,3)4)22-18-26-42(54)62(48,7)8/h17-32H,1-16H3. The van der Waals surface area contributed by atoms with Crippen LogP contribution in [0, 0.1) is 0 Å². The summed E-state index contributed by atoms with van der Waals surface area (Å²) in [5.74, 6) is 0. The van der Waals surface area contributed by atoms with Crippen LogP contribution in [-0.2, 0) is 43.3 Å². The fraction of sp³-hybridized carbons (Fsp3) is 0.364. The van der Waals surface area contributed by atoms with Gasteiger partial charge in [-0.1, -0.05) is 184 Å². The molecule has 338 valence electrons. The number of anilines is 6. The third kappa shape index (κ3) is 3.84. The van der Waals surface area contributed by atoms with Crippen molar-refractivity contribution >= 4 is 34.1 Å². The maximum absolute atomic E-state index is 2.75. The molecule has 0 fully saturated rings. The van der Waals surface area contributed by atoms with Crippen molar-refractivity contribution in [3.05, 3.63) is 186 Å². The van der Waals surface area contributed by atoms with Crippen LogP contribution in [0.2, 0.25) is 0 Å². The second kappa shape index (κ2) is 10.9. The zero-order chi connectivity index (χ0) is 47.5. The molecule has 0 amide bonds. The lowest BCUT2D eigenvalue weighted by molar-refractivity contribution is 0.549. The van der Waals surface area contributed by atoms with Crippen molar-refractivity contribution in [3.63, 3.8) is 0 Å². The number of hydrogen-bond acceptors (Lipinski definition) is 2. The third-order valence-electron chi connectivity index (χ3n) is 20.4. The van der Waals surface area contributed by atoms with E-state index in [1.807, 2.05) is 0 Å². The third-order valence-corrected chi connectivity index (χ3v) is 20.4. The van der Waals surface area contributed by atoms with E-state index in [4.69, 9.17) is 0 Å². The Labute approximate surface area is 404 Å². The van der Waals surface area contributed by atoms with Crippen LogP contribution in [0.5, 0.6) is 0 Å². The number of hydrogen-bond donors (Lipinski definition) is 0. The van der Waals surface area contributed by atoms with Gasteiger partial charge in [0, 0.05) is 43.3 Å². The molecule has 15 rings (SSSR count). The van der Waals surface area contributed by atoms with Crippen molar-refractivity contribution in [2.45, 2.75) is 154 Å². The first-order valence-corrected chi connectivity index (χ1v) is 25.6. The molecule has 0 spiro atoms. The van der Waals surface area contributed by atoms with Gasteiger partial charge in [0.05, 0.1) is 34.1 Å². The van der Waals surface area contributed by atoms with E-state index in [0.717, 1.165) is 0 Å². The van der Waals surface area contributed by atoms with Gasteiger partial charge in [0.1, 0.15) is 0 Å². The average Bonchev–Trinajstić information content (AvgIpc) is 3.64. The fourth-order valence-electron chi connectivity index (χ4n) is 16.7. The second-order valence-electron chi connectivity index (χ2n) is 26.6. The topological polar surface area (TPSA) is 6.48 Å². The quantitative estimate of drug-likeness (QED) is 0.150. The highest BCUT2D eigenvalue weighted by molar-refractivity contribution is 6.05. The highest BCUT2D eigenvalue weighted by Gasteiger charge is 2.58. The molecule has 0 radical (unpaired) electrons.